The van der Waals surface area contributed by atoms with Crippen molar-refractivity contribution in [2.24, 2.45) is 0 Å². The van der Waals surface area contributed by atoms with Gasteiger partial charge in [0.25, 0.3) is 0 Å². The van der Waals surface area contributed by atoms with Crippen LogP contribution in [0.5, 0.6) is 0 Å². The molecule has 0 amide bonds. The van der Waals surface area contributed by atoms with E-state index in [0.717, 1.165) is 28.7 Å². The van der Waals surface area contributed by atoms with Gasteiger partial charge in [-0.25, -0.2) is 4.63 Å². The zero-order valence-corrected chi connectivity index (χ0v) is 13.8. The Morgan fingerprint density at radius 3 is 2.60 bits per heavy atom. The fraction of sp³-hybridized carbons (Fsp3) is 0.222. The second-order valence-corrected chi connectivity index (χ2v) is 6.03. The summed E-state index contributed by atoms with van der Waals surface area (Å²) >= 11 is 0. The molecule has 126 valence electrons. The highest BCUT2D eigenvalue weighted by molar-refractivity contribution is 5.73. The van der Waals surface area contributed by atoms with E-state index in [9.17, 15) is 0 Å². The third-order valence-electron chi connectivity index (χ3n) is 3.89. The minimum absolute atomic E-state index is 0.580. The molecular formula is C18H17N5O2. The van der Waals surface area contributed by atoms with E-state index in [1.165, 1.54) is 0 Å². The van der Waals surface area contributed by atoms with Crippen LogP contribution < -0.4 is 0 Å². The molecule has 0 saturated carbocycles. The van der Waals surface area contributed by atoms with E-state index in [0.29, 0.717) is 24.7 Å². The summed E-state index contributed by atoms with van der Waals surface area (Å²) in [4.78, 5) is 6.58. The van der Waals surface area contributed by atoms with Gasteiger partial charge >= 0.3 is 0 Å². The van der Waals surface area contributed by atoms with E-state index in [1.54, 1.807) is 0 Å². The topological polar surface area (TPSA) is 81.1 Å². The first-order chi connectivity index (χ1) is 12.3. The predicted molar refractivity (Wildman–Crippen MR) is 90.5 cm³/mol. The van der Waals surface area contributed by atoms with Crippen molar-refractivity contribution in [2.45, 2.75) is 19.5 Å². The molecule has 0 radical (unpaired) electrons. The average Bonchev–Trinajstić information content (AvgIpc) is 3.24. The van der Waals surface area contributed by atoms with Crippen LogP contribution in [0.1, 0.15) is 22.8 Å². The van der Waals surface area contributed by atoms with Crippen molar-refractivity contribution in [3.8, 4) is 0 Å². The van der Waals surface area contributed by atoms with Crippen molar-refractivity contribution in [2.75, 3.05) is 7.05 Å². The minimum atomic E-state index is 0.580. The summed E-state index contributed by atoms with van der Waals surface area (Å²) < 4.78 is 10.1. The van der Waals surface area contributed by atoms with Gasteiger partial charge in [-0.05, 0) is 40.6 Å². The number of nitrogens with zero attached hydrogens (tertiary/aromatic N) is 5. The Hall–Kier alpha value is -3.06. The van der Waals surface area contributed by atoms with Crippen molar-refractivity contribution in [3.63, 3.8) is 0 Å². The zero-order valence-electron chi connectivity index (χ0n) is 13.8. The maximum absolute atomic E-state index is 5.36. The van der Waals surface area contributed by atoms with E-state index in [2.05, 4.69) is 37.5 Å². The standard InChI is InChI=1S/C18H17N5O2/c1-23(11-14-7-8-15-16(9-14)21-25-20-15)12-18-19-17(22-24-18)10-13-5-3-2-4-6-13/h2-9H,10-12H2,1H3. The fourth-order valence-corrected chi connectivity index (χ4v) is 2.73. The molecule has 2 heterocycles. The van der Waals surface area contributed by atoms with Crippen LogP contribution in [-0.2, 0) is 19.5 Å². The number of rotatable bonds is 6. The smallest absolute Gasteiger partial charge is 0.240 e. The summed E-state index contributed by atoms with van der Waals surface area (Å²) in [7, 11) is 2.01. The third kappa shape index (κ3) is 3.72. The molecule has 4 rings (SSSR count). The zero-order chi connectivity index (χ0) is 17.1. The summed E-state index contributed by atoms with van der Waals surface area (Å²) in [6.07, 6.45) is 0.671. The summed E-state index contributed by atoms with van der Waals surface area (Å²) in [5, 5.41) is 11.7. The van der Waals surface area contributed by atoms with Gasteiger partial charge in [-0.3, -0.25) is 4.90 Å². The molecule has 0 bridgehead atoms. The van der Waals surface area contributed by atoms with E-state index in [-0.39, 0.29) is 0 Å². The molecule has 0 aliphatic rings. The fourth-order valence-electron chi connectivity index (χ4n) is 2.73. The Morgan fingerprint density at radius 1 is 0.880 bits per heavy atom. The highest BCUT2D eigenvalue weighted by atomic mass is 16.6. The van der Waals surface area contributed by atoms with E-state index < -0.39 is 0 Å². The molecule has 4 aromatic rings. The van der Waals surface area contributed by atoms with E-state index >= 15 is 0 Å². The van der Waals surface area contributed by atoms with Crippen LogP contribution in [0.4, 0.5) is 0 Å². The van der Waals surface area contributed by atoms with Crippen LogP contribution in [0.25, 0.3) is 11.0 Å². The molecule has 2 aromatic carbocycles. The van der Waals surface area contributed by atoms with Crippen LogP contribution in [-0.4, -0.2) is 32.4 Å². The molecule has 0 N–H and O–H groups in total. The van der Waals surface area contributed by atoms with Crippen LogP contribution >= 0.6 is 0 Å². The van der Waals surface area contributed by atoms with Crippen molar-refractivity contribution in [1.82, 2.24) is 25.4 Å². The Bertz CT molecular complexity index is 964. The second kappa shape index (κ2) is 6.82. The largest absolute Gasteiger partial charge is 0.338 e. The molecule has 25 heavy (non-hydrogen) atoms. The van der Waals surface area contributed by atoms with E-state index in [4.69, 9.17) is 9.15 Å². The maximum atomic E-state index is 5.36. The lowest BCUT2D eigenvalue weighted by atomic mass is 10.1. The summed E-state index contributed by atoms with van der Waals surface area (Å²) in [6, 6.07) is 16.0. The van der Waals surface area contributed by atoms with Crippen molar-refractivity contribution in [3.05, 3.63) is 71.4 Å². The first-order valence-corrected chi connectivity index (χ1v) is 8.01. The van der Waals surface area contributed by atoms with Gasteiger partial charge < -0.3 is 4.52 Å². The number of hydrogen-bond acceptors (Lipinski definition) is 7. The molecule has 0 spiro atoms. The van der Waals surface area contributed by atoms with Gasteiger partial charge in [0.05, 0.1) is 6.54 Å². The lowest BCUT2D eigenvalue weighted by Gasteiger charge is -2.13. The first kappa shape index (κ1) is 15.5. The van der Waals surface area contributed by atoms with Gasteiger partial charge in [-0.1, -0.05) is 41.6 Å². The number of hydrogen-bond donors (Lipinski definition) is 0. The quantitative estimate of drug-likeness (QED) is 0.536. The predicted octanol–water partition coefficient (Wildman–Crippen LogP) is 2.83. The summed E-state index contributed by atoms with van der Waals surface area (Å²) in [5.41, 5.74) is 3.80. The molecule has 0 fully saturated rings. The summed E-state index contributed by atoms with van der Waals surface area (Å²) in [5.74, 6) is 1.31. The SMILES string of the molecule is CN(Cc1ccc2nonc2c1)Cc1nc(Cc2ccccc2)no1. The number of benzene rings is 2. The molecule has 0 saturated heterocycles. The summed E-state index contributed by atoms with van der Waals surface area (Å²) in [6.45, 7) is 1.32. The van der Waals surface area contributed by atoms with Crippen LogP contribution in [0, 0.1) is 0 Å². The van der Waals surface area contributed by atoms with Gasteiger partial charge in [-0.2, -0.15) is 4.98 Å². The van der Waals surface area contributed by atoms with Gasteiger partial charge in [0.2, 0.25) is 5.89 Å². The second-order valence-electron chi connectivity index (χ2n) is 6.03. The van der Waals surface area contributed by atoms with Gasteiger partial charge in [-0.15, -0.1) is 0 Å². The Morgan fingerprint density at radius 2 is 1.72 bits per heavy atom. The van der Waals surface area contributed by atoms with Crippen molar-refractivity contribution < 1.29 is 9.15 Å². The van der Waals surface area contributed by atoms with Gasteiger partial charge in [0.15, 0.2) is 5.82 Å². The van der Waals surface area contributed by atoms with Crippen molar-refractivity contribution >= 4 is 11.0 Å². The molecule has 0 atom stereocenters. The van der Waals surface area contributed by atoms with E-state index in [1.807, 2.05) is 43.4 Å². The lowest BCUT2D eigenvalue weighted by molar-refractivity contribution is 0.260. The minimum Gasteiger partial charge on any atom is -0.338 e. The third-order valence-corrected chi connectivity index (χ3v) is 3.89. The normalized spacial score (nSPS) is 11.4. The molecule has 2 aromatic heterocycles. The average molecular weight is 335 g/mol. The molecule has 0 aliphatic carbocycles. The number of aromatic nitrogens is 4. The molecule has 0 unspecified atom stereocenters. The maximum Gasteiger partial charge on any atom is 0.240 e. The van der Waals surface area contributed by atoms with Crippen LogP contribution in [0.2, 0.25) is 0 Å². The monoisotopic (exact) mass is 335 g/mol. The molecule has 7 nitrogen and oxygen atoms in total. The van der Waals surface area contributed by atoms with Crippen LogP contribution in [0.15, 0.2) is 57.7 Å². The van der Waals surface area contributed by atoms with Gasteiger partial charge in [0.1, 0.15) is 11.0 Å². The van der Waals surface area contributed by atoms with Gasteiger partial charge in [0, 0.05) is 13.0 Å². The Labute approximate surface area is 144 Å². The molecule has 7 heteroatoms. The van der Waals surface area contributed by atoms with Crippen molar-refractivity contribution in [1.29, 1.82) is 0 Å². The first-order valence-electron chi connectivity index (χ1n) is 8.01. The highest BCUT2D eigenvalue weighted by Crippen LogP contribution is 2.14. The Balaban J connectivity index is 1.38. The highest BCUT2D eigenvalue weighted by Gasteiger charge is 2.11. The van der Waals surface area contributed by atoms with Crippen LogP contribution in [0.3, 0.4) is 0 Å². The Kier molecular flexibility index (Phi) is 4.22. The molecule has 0 aliphatic heterocycles. The molecular weight excluding hydrogens is 318 g/mol. The lowest BCUT2D eigenvalue weighted by Crippen LogP contribution is -2.17. The number of fused-ring (bicyclic) bond motifs is 1.